The van der Waals surface area contributed by atoms with Gasteiger partial charge in [0, 0.05) is 48.0 Å². The van der Waals surface area contributed by atoms with Crippen LogP contribution in [0.3, 0.4) is 0 Å². The van der Waals surface area contributed by atoms with Crippen LogP contribution in [0.25, 0.3) is 21.5 Å². The molecule has 4 nitrogen and oxygen atoms in total. The van der Waals surface area contributed by atoms with Crippen LogP contribution in [0.5, 0.6) is 11.5 Å². The van der Waals surface area contributed by atoms with E-state index in [0.717, 1.165) is 47.0 Å². The van der Waals surface area contributed by atoms with Gasteiger partial charge >= 0.3 is 0 Å². The summed E-state index contributed by atoms with van der Waals surface area (Å²) in [6.07, 6.45) is 5.23. The first-order valence-corrected chi connectivity index (χ1v) is 16.1. The Bertz CT molecular complexity index is 1560. The molecule has 10 rings (SSSR count). The summed E-state index contributed by atoms with van der Waals surface area (Å²) in [6, 6.07) is 13.4. The van der Waals surface area contributed by atoms with E-state index in [9.17, 15) is 0 Å². The van der Waals surface area contributed by atoms with E-state index in [2.05, 4.69) is 50.2 Å². The summed E-state index contributed by atoms with van der Waals surface area (Å²) in [6.45, 7) is 5.45. The fraction of sp³-hybridized carbons (Fsp3) is 0.622. The minimum Gasteiger partial charge on any atom is -0.496 e. The number of hydrogen-bond acceptors (Lipinski definition) is 4. The van der Waals surface area contributed by atoms with Gasteiger partial charge in [0.25, 0.3) is 0 Å². The van der Waals surface area contributed by atoms with Crippen molar-refractivity contribution in [2.75, 3.05) is 28.4 Å². The SMILES string of the molecule is COc1c2c(c(OC)c3cc4ccccc4cc13)[C@@H]1C[C@H]2[C@@H]2[C@H]1[C@@]1(C)[C@H]3C[C@H]([C@H]4[C@@H]3[C@H]3CC[C@@H]4C3(OC)OC)[C@@]21C. The van der Waals surface area contributed by atoms with E-state index in [-0.39, 0.29) is 5.79 Å². The average Bonchev–Trinajstić information content (AvgIpc) is 3.81. The lowest BCUT2D eigenvalue weighted by atomic mass is 9.30. The number of rotatable bonds is 4. The second kappa shape index (κ2) is 7.25. The average molecular weight is 551 g/mol. The predicted octanol–water partition coefficient (Wildman–Crippen LogP) is 7.76. The van der Waals surface area contributed by atoms with Crippen molar-refractivity contribution in [1.29, 1.82) is 0 Å². The summed E-state index contributed by atoms with van der Waals surface area (Å²) in [5.74, 6) is 8.65. The smallest absolute Gasteiger partial charge is 0.173 e. The highest BCUT2D eigenvalue weighted by atomic mass is 16.7. The normalized spacial score (nSPS) is 46.5. The Kier molecular flexibility index (Phi) is 4.27. The summed E-state index contributed by atoms with van der Waals surface area (Å²) < 4.78 is 25.4. The van der Waals surface area contributed by atoms with Crippen molar-refractivity contribution in [3.05, 3.63) is 47.5 Å². The van der Waals surface area contributed by atoms with Gasteiger partial charge < -0.3 is 18.9 Å². The first kappa shape index (κ1) is 24.2. The van der Waals surface area contributed by atoms with Crippen molar-refractivity contribution in [3.8, 4) is 11.5 Å². The van der Waals surface area contributed by atoms with Crippen LogP contribution in [0, 0.1) is 58.2 Å². The molecular weight excluding hydrogens is 508 g/mol. The standard InChI is InChI=1S/C37H42O4/c1-35-25-16-26(30-24-12-11-23(29(25)30)37(24,40-5)41-6)36(35,2)32-22-15-21(31(32)35)27-28(22)34(39-4)20-14-18-10-8-7-9-17(18)13-19(20)33(27)38-3/h7-10,13-14,21-26,29-32H,11-12,15-16H2,1-6H3/t21-,22+,23+,24-,25-,26+,29+,30-,31-,32+,35+,36-. The highest BCUT2D eigenvalue weighted by molar-refractivity contribution is 6.05. The molecule has 0 heterocycles. The quantitative estimate of drug-likeness (QED) is 0.144. The lowest BCUT2D eigenvalue weighted by molar-refractivity contribution is -0.249. The molecule has 0 spiro atoms. The van der Waals surface area contributed by atoms with Crippen LogP contribution in [0.15, 0.2) is 36.4 Å². The molecule has 3 aromatic carbocycles. The molecule has 12 atom stereocenters. The van der Waals surface area contributed by atoms with Crippen LogP contribution in [-0.2, 0) is 9.47 Å². The molecule has 0 radical (unpaired) electrons. The summed E-state index contributed by atoms with van der Waals surface area (Å²) in [5, 5.41) is 4.95. The third kappa shape index (κ3) is 2.17. The van der Waals surface area contributed by atoms with Crippen molar-refractivity contribution in [2.24, 2.45) is 58.2 Å². The van der Waals surface area contributed by atoms with Gasteiger partial charge in [-0.05, 0) is 107 Å². The zero-order valence-electron chi connectivity index (χ0n) is 25.2. The number of ether oxygens (including phenoxy) is 4. The van der Waals surface area contributed by atoms with E-state index in [0.29, 0.717) is 34.5 Å². The molecule has 0 N–H and O–H groups in total. The summed E-state index contributed by atoms with van der Waals surface area (Å²) >= 11 is 0. The van der Waals surface area contributed by atoms with Crippen molar-refractivity contribution in [1.82, 2.24) is 0 Å². The highest BCUT2D eigenvalue weighted by Crippen LogP contribution is 2.93. The zero-order chi connectivity index (χ0) is 27.8. The van der Waals surface area contributed by atoms with Crippen LogP contribution in [0.2, 0.25) is 0 Å². The first-order valence-electron chi connectivity index (χ1n) is 16.1. The van der Waals surface area contributed by atoms with Gasteiger partial charge in [-0.3, -0.25) is 0 Å². The van der Waals surface area contributed by atoms with E-state index in [4.69, 9.17) is 18.9 Å². The molecule has 6 saturated carbocycles. The first-order chi connectivity index (χ1) is 19.9. The fourth-order valence-corrected chi connectivity index (χ4v) is 14.6. The maximum Gasteiger partial charge on any atom is 0.173 e. The lowest BCUT2D eigenvalue weighted by Gasteiger charge is -2.73. The van der Waals surface area contributed by atoms with Crippen LogP contribution in [0.1, 0.15) is 62.5 Å². The van der Waals surface area contributed by atoms with E-state index in [1.807, 2.05) is 28.4 Å². The van der Waals surface area contributed by atoms with Crippen molar-refractivity contribution >= 4 is 21.5 Å². The summed E-state index contributed by atoms with van der Waals surface area (Å²) in [5.41, 5.74) is 3.71. The Morgan fingerprint density at radius 1 is 0.634 bits per heavy atom. The number of fused-ring (bicyclic) bond motifs is 24. The zero-order valence-corrected chi connectivity index (χ0v) is 25.2. The lowest BCUT2D eigenvalue weighted by Crippen LogP contribution is -2.69. The molecule has 41 heavy (non-hydrogen) atoms. The molecule has 0 unspecified atom stereocenters. The Hall–Kier alpha value is -2.30. The van der Waals surface area contributed by atoms with E-state index >= 15 is 0 Å². The van der Waals surface area contributed by atoms with Gasteiger partial charge in [0.2, 0.25) is 0 Å². The molecule has 4 heteroatoms. The molecule has 7 aliphatic carbocycles. The molecule has 6 bridgehead atoms. The molecule has 6 fully saturated rings. The van der Waals surface area contributed by atoms with Crippen molar-refractivity contribution < 1.29 is 18.9 Å². The van der Waals surface area contributed by atoms with E-state index < -0.39 is 0 Å². The topological polar surface area (TPSA) is 36.9 Å². The van der Waals surface area contributed by atoms with Gasteiger partial charge in [0.15, 0.2) is 5.79 Å². The minimum atomic E-state index is -0.355. The molecule has 7 aliphatic rings. The van der Waals surface area contributed by atoms with Gasteiger partial charge in [0.05, 0.1) is 14.2 Å². The van der Waals surface area contributed by atoms with E-state index in [1.54, 1.807) is 0 Å². The third-order valence-electron chi connectivity index (χ3n) is 15.4. The summed E-state index contributed by atoms with van der Waals surface area (Å²) in [4.78, 5) is 0. The predicted molar refractivity (Wildman–Crippen MR) is 159 cm³/mol. The molecule has 0 aliphatic heterocycles. The van der Waals surface area contributed by atoms with Gasteiger partial charge in [0.1, 0.15) is 11.5 Å². The van der Waals surface area contributed by atoms with Gasteiger partial charge in [-0.25, -0.2) is 0 Å². The van der Waals surface area contributed by atoms with Crippen LogP contribution >= 0.6 is 0 Å². The monoisotopic (exact) mass is 550 g/mol. The van der Waals surface area contributed by atoms with Crippen LogP contribution < -0.4 is 9.47 Å². The second-order valence-electron chi connectivity index (χ2n) is 15.2. The molecular formula is C37H42O4. The largest absolute Gasteiger partial charge is 0.496 e. The molecule has 214 valence electrons. The van der Waals surface area contributed by atoms with Crippen LogP contribution in [-0.4, -0.2) is 34.2 Å². The van der Waals surface area contributed by atoms with Gasteiger partial charge in [-0.2, -0.15) is 0 Å². The van der Waals surface area contributed by atoms with E-state index in [1.165, 1.54) is 58.4 Å². The van der Waals surface area contributed by atoms with Gasteiger partial charge in [-0.15, -0.1) is 0 Å². The Morgan fingerprint density at radius 2 is 1.10 bits per heavy atom. The second-order valence-corrected chi connectivity index (χ2v) is 15.2. The fourth-order valence-electron chi connectivity index (χ4n) is 14.6. The maximum absolute atomic E-state index is 6.39. The Morgan fingerprint density at radius 3 is 1.51 bits per heavy atom. The molecule has 0 amide bonds. The Labute approximate surface area is 243 Å². The highest BCUT2D eigenvalue weighted by Gasteiger charge is 2.88. The Balaban J connectivity index is 1.17. The summed E-state index contributed by atoms with van der Waals surface area (Å²) in [7, 11) is 7.60. The molecule has 0 aromatic heterocycles. The van der Waals surface area contributed by atoms with Gasteiger partial charge in [-0.1, -0.05) is 38.1 Å². The number of methoxy groups -OCH3 is 4. The number of hydrogen-bond donors (Lipinski definition) is 0. The maximum atomic E-state index is 6.39. The van der Waals surface area contributed by atoms with Crippen molar-refractivity contribution in [3.63, 3.8) is 0 Å². The molecule has 3 aromatic rings. The molecule has 0 saturated heterocycles. The van der Waals surface area contributed by atoms with Crippen LogP contribution in [0.4, 0.5) is 0 Å². The minimum absolute atomic E-state index is 0.355. The number of benzene rings is 3. The third-order valence-corrected chi connectivity index (χ3v) is 15.4. The van der Waals surface area contributed by atoms with Crippen molar-refractivity contribution in [2.45, 2.75) is 57.2 Å².